The summed E-state index contributed by atoms with van der Waals surface area (Å²) in [7, 11) is 0. The molecule has 0 aliphatic rings. The molecule has 0 heterocycles. The number of nitrogen functional groups attached to an aromatic ring is 1. The molecule has 0 fully saturated rings. The van der Waals surface area contributed by atoms with Crippen LogP contribution in [0, 0.1) is 0 Å². The Bertz CT molecular complexity index is 333. The first kappa shape index (κ1) is 9.54. The van der Waals surface area contributed by atoms with Crippen molar-refractivity contribution in [1.82, 2.24) is 0 Å². The van der Waals surface area contributed by atoms with Crippen molar-refractivity contribution in [3.05, 3.63) is 29.8 Å². The standard InChI is InChI=1S/C9H11NO3/c1-9(13,8(11)12)6-4-2-3-5-7(6)10/h2-5,13H,10H2,1H3,(H,11,12)/t9-/m1/s1. The Morgan fingerprint density at radius 3 is 2.46 bits per heavy atom. The fraction of sp³-hybridized carbons (Fsp3) is 0.222. The summed E-state index contributed by atoms with van der Waals surface area (Å²) in [5.74, 6) is -1.31. The summed E-state index contributed by atoms with van der Waals surface area (Å²) >= 11 is 0. The highest BCUT2D eigenvalue weighted by molar-refractivity contribution is 5.80. The number of nitrogens with two attached hydrogens (primary N) is 1. The first-order valence-electron chi connectivity index (χ1n) is 3.77. The van der Waals surface area contributed by atoms with E-state index in [0.29, 0.717) is 0 Å². The van der Waals surface area contributed by atoms with E-state index in [9.17, 15) is 9.90 Å². The third kappa shape index (κ3) is 1.62. The van der Waals surface area contributed by atoms with Gasteiger partial charge in [-0.25, -0.2) is 4.79 Å². The number of carbonyl (C=O) groups is 1. The van der Waals surface area contributed by atoms with Crippen molar-refractivity contribution in [2.45, 2.75) is 12.5 Å². The lowest BCUT2D eigenvalue weighted by Gasteiger charge is -2.19. The van der Waals surface area contributed by atoms with Crippen LogP contribution in [0.25, 0.3) is 0 Å². The lowest BCUT2D eigenvalue weighted by atomic mass is 9.95. The Hall–Kier alpha value is -1.55. The van der Waals surface area contributed by atoms with Crippen LogP contribution in [-0.4, -0.2) is 16.2 Å². The van der Waals surface area contributed by atoms with Crippen LogP contribution in [0.5, 0.6) is 0 Å². The molecule has 70 valence electrons. The molecule has 1 atom stereocenters. The average molecular weight is 181 g/mol. The molecule has 0 saturated heterocycles. The van der Waals surface area contributed by atoms with Gasteiger partial charge in [0.15, 0.2) is 5.60 Å². The molecule has 1 aromatic rings. The highest BCUT2D eigenvalue weighted by atomic mass is 16.4. The van der Waals surface area contributed by atoms with Crippen molar-refractivity contribution in [2.24, 2.45) is 0 Å². The van der Waals surface area contributed by atoms with E-state index in [1.54, 1.807) is 18.2 Å². The second-order valence-electron chi connectivity index (χ2n) is 2.96. The van der Waals surface area contributed by atoms with Crippen LogP contribution in [-0.2, 0) is 10.4 Å². The molecule has 0 bridgehead atoms. The van der Waals surface area contributed by atoms with Gasteiger partial charge in [-0.15, -0.1) is 0 Å². The number of aliphatic carboxylic acids is 1. The predicted molar refractivity (Wildman–Crippen MR) is 48.1 cm³/mol. The Morgan fingerprint density at radius 2 is 2.00 bits per heavy atom. The predicted octanol–water partition coefficient (Wildman–Crippen LogP) is 0.561. The van der Waals surface area contributed by atoms with Gasteiger partial charge in [-0.3, -0.25) is 0 Å². The first-order chi connectivity index (χ1) is 5.96. The molecule has 0 spiro atoms. The highest BCUT2D eigenvalue weighted by Crippen LogP contribution is 2.25. The minimum absolute atomic E-state index is 0.211. The SMILES string of the molecule is C[C@](O)(C(=O)O)c1ccccc1N. The van der Waals surface area contributed by atoms with Crippen LogP contribution in [0.2, 0.25) is 0 Å². The normalized spacial score (nSPS) is 14.9. The van der Waals surface area contributed by atoms with Crippen LogP contribution in [0.1, 0.15) is 12.5 Å². The molecular weight excluding hydrogens is 170 g/mol. The molecule has 4 N–H and O–H groups in total. The fourth-order valence-electron chi connectivity index (χ4n) is 1.06. The minimum atomic E-state index is -1.93. The Morgan fingerprint density at radius 1 is 1.46 bits per heavy atom. The number of hydrogen-bond donors (Lipinski definition) is 3. The van der Waals surface area contributed by atoms with Crippen molar-refractivity contribution in [2.75, 3.05) is 5.73 Å². The van der Waals surface area contributed by atoms with Crippen molar-refractivity contribution in [3.8, 4) is 0 Å². The number of rotatable bonds is 2. The van der Waals surface area contributed by atoms with E-state index in [-0.39, 0.29) is 11.3 Å². The molecule has 0 saturated carbocycles. The van der Waals surface area contributed by atoms with Gasteiger partial charge in [0.2, 0.25) is 0 Å². The minimum Gasteiger partial charge on any atom is -0.479 e. The second-order valence-corrected chi connectivity index (χ2v) is 2.96. The average Bonchev–Trinajstić information content (AvgIpc) is 2.04. The van der Waals surface area contributed by atoms with Crippen LogP contribution in [0.4, 0.5) is 5.69 Å². The molecule has 13 heavy (non-hydrogen) atoms. The van der Waals surface area contributed by atoms with Gasteiger partial charge >= 0.3 is 5.97 Å². The molecular formula is C9H11NO3. The second kappa shape index (κ2) is 3.06. The van der Waals surface area contributed by atoms with E-state index in [1.165, 1.54) is 13.0 Å². The molecule has 0 amide bonds. The highest BCUT2D eigenvalue weighted by Gasteiger charge is 2.33. The maximum Gasteiger partial charge on any atom is 0.340 e. The zero-order chi connectivity index (χ0) is 10.1. The first-order valence-corrected chi connectivity index (χ1v) is 3.77. The lowest BCUT2D eigenvalue weighted by molar-refractivity contribution is -0.157. The number of carboxylic acids is 1. The summed E-state index contributed by atoms with van der Waals surface area (Å²) < 4.78 is 0. The zero-order valence-corrected chi connectivity index (χ0v) is 7.19. The summed E-state index contributed by atoms with van der Waals surface area (Å²) in [5, 5.41) is 18.3. The van der Waals surface area contributed by atoms with E-state index >= 15 is 0 Å². The summed E-state index contributed by atoms with van der Waals surface area (Å²) in [4.78, 5) is 10.7. The molecule has 1 rings (SSSR count). The molecule has 4 nitrogen and oxygen atoms in total. The number of carboxylic acid groups (broad SMARTS) is 1. The van der Waals surface area contributed by atoms with E-state index in [4.69, 9.17) is 10.8 Å². The summed E-state index contributed by atoms with van der Waals surface area (Å²) in [5.41, 5.74) is 4.08. The Balaban J connectivity index is 3.22. The monoisotopic (exact) mass is 181 g/mol. The number of aliphatic hydroxyl groups is 1. The fourth-order valence-corrected chi connectivity index (χ4v) is 1.06. The molecule has 0 aliphatic carbocycles. The van der Waals surface area contributed by atoms with Crippen LogP contribution < -0.4 is 5.73 Å². The van der Waals surface area contributed by atoms with Crippen LogP contribution >= 0.6 is 0 Å². The summed E-state index contributed by atoms with van der Waals surface area (Å²) in [6, 6.07) is 6.34. The number of anilines is 1. The molecule has 0 unspecified atom stereocenters. The maximum atomic E-state index is 10.7. The van der Waals surface area contributed by atoms with Gasteiger partial charge in [0.1, 0.15) is 0 Å². The smallest absolute Gasteiger partial charge is 0.340 e. The largest absolute Gasteiger partial charge is 0.479 e. The van der Waals surface area contributed by atoms with Crippen molar-refractivity contribution in [3.63, 3.8) is 0 Å². The number of hydrogen-bond acceptors (Lipinski definition) is 3. The van der Waals surface area contributed by atoms with Gasteiger partial charge in [0, 0.05) is 11.3 Å². The van der Waals surface area contributed by atoms with Crippen molar-refractivity contribution < 1.29 is 15.0 Å². The van der Waals surface area contributed by atoms with E-state index in [1.807, 2.05) is 0 Å². The van der Waals surface area contributed by atoms with Gasteiger partial charge < -0.3 is 15.9 Å². The maximum absolute atomic E-state index is 10.7. The zero-order valence-electron chi connectivity index (χ0n) is 7.19. The molecule has 1 aromatic carbocycles. The van der Waals surface area contributed by atoms with E-state index in [0.717, 1.165) is 0 Å². The molecule has 0 radical (unpaired) electrons. The molecule has 4 heteroatoms. The van der Waals surface area contributed by atoms with Gasteiger partial charge in [-0.05, 0) is 13.0 Å². The van der Waals surface area contributed by atoms with Gasteiger partial charge in [0.05, 0.1) is 0 Å². The lowest BCUT2D eigenvalue weighted by Crippen LogP contribution is -2.32. The van der Waals surface area contributed by atoms with Crippen molar-refractivity contribution >= 4 is 11.7 Å². The molecule has 0 aliphatic heterocycles. The van der Waals surface area contributed by atoms with Crippen LogP contribution in [0.3, 0.4) is 0 Å². The van der Waals surface area contributed by atoms with Gasteiger partial charge in [0.25, 0.3) is 0 Å². The molecule has 0 aromatic heterocycles. The topological polar surface area (TPSA) is 83.5 Å². The van der Waals surface area contributed by atoms with Crippen LogP contribution in [0.15, 0.2) is 24.3 Å². The third-order valence-corrected chi connectivity index (χ3v) is 1.90. The van der Waals surface area contributed by atoms with E-state index in [2.05, 4.69) is 0 Å². The number of para-hydroxylation sites is 1. The van der Waals surface area contributed by atoms with E-state index < -0.39 is 11.6 Å². The Kier molecular flexibility index (Phi) is 2.25. The third-order valence-electron chi connectivity index (χ3n) is 1.90. The van der Waals surface area contributed by atoms with Gasteiger partial charge in [-0.1, -0.05) is 18.2 Å². The summed E-state index contributed by atoms with van der Waals surface area (Å²) in [6.45, 7) is 1.20. The Labute approximate surface area is 75.6 Å². The summed E-state index contributed by atoms with van der Waals surface area (Å²) in [6.07, 6.45) is 0. The van der Waals surface area contributed by atoms with Crippen molar-refractivity contribution in [1.29, 1.82) is 0 Å². The van der Waals surface area contributed by atoms with Gasteiger partial charge in [-0.2, -0.15) is 0 Å². The quantitative estimate of drug-likeness (QED) is 0.582. The number of benzene rings is 1.